The fourth-order valence-electron chi connectivity index (χ4n) is 2.21. The van der Waals surface area contributed by atoms with Crippen LogP contribution >= 0.6 is 15.9 Å². The van der Waals surface area contributed by atoms with E-state index >= 15 is 0 Å². The molecule has 2 heterocycles. The molecule has 2 aromatic rings. The number of nitrogens with zero attached hydrogens (tertiary/aromatic N) is 3. The van der Waals surface area contributed by atoms with Crippen LogP contribution in [-0.2, 0) is 19.6 Å². The first-order valence-corrected chi connectivity index (χ1v) is 7.02. The van der Waals surface area contributed by atoms with Crippen molar-refractivity contribution in [2.24, 2.45) is 0 Å². The second-order valence-corrected chi connectivity index (χ2v) is 5.36. The normalized spacial score (nSPS) is 14.2. The van der Waals surface area contributed by atoms with Gasteiger partial charge in [0.05, 0.1) is 4.47 Å². The number of rotatable bonds is 3. The number of aryl methyl sites for hydroxylation is 1. The molecule has 0 saturated carbocycles. The van der Waals surface area contributed by atoms with E-state index in [1.807, 2.05) is 0 Å². The SMILES string of the molecule is Fc1ccc(Br)c(OCc2nnc3n2CCCC3)c1. The molecule has 0 amide bonds. The number of fused-ring (bicyclic) bond motifs is 1. The second kappa shape index (κ2) is 5.28. The lowest BCUT2D eigenvalue weighted by Gasteiger charge is -2.15. The van der Waals surface area contributed by atoms with Crippen molar-refractivity contribution in [1.29, 1.82) is 0 Å². The number of hydrogen-bond acceptors (Lipinski definition) is 3. The molecule has 0 N–H and O–H groups in total. The molecule has 0 saturated heterocycles. The van der Waals surface area contributed by atoms with Gasteiger partial charge in [0.15, 0.2) is 5.82 Å². The molecule has 4 nitrogen and oxygen atoms in total. The zero-order valence-corrected chi connectivity index (χ0v) is 11.9. The highest BCUT2D eigenvalue weighted by Crippen LogP contribution is 2.26. The molecule has 1 aliphatic heterocycles. The standard InChI is InChI=1S/C13H13BrFN3O/c14-10-5-4-9(15)7-11(10)19-8-13-17-16-12-3-1-2-6-18(12)13/h4-5,7H,1-3,6,8H2. The Balaban J connectivity index is 1.75. The van der Waals surface area contributed by atoms with Crippen molar-refractivity contribution >= 4 is 15.9 Å². The molecule has 0 radical (unpaired) electrons. The van der Waals surface area contributed by atoms with E-state index in [1.54, 1.807) is 6.07 Å². The highest BCUT2D eigenvalue weighted by atomic mass is 79.9. The fraction of sp³-hybridized carbons (Fsp3) is 0.385. The van der Waals surface area contributed by atoms with E-state index in [0.29, 0.717) is 12.4 Å². The summed E-state index contributed by atoms with van der Waals surface area (Å²) in [4.78, 5) is 0. The first kappa shape index (κ1) is 12.6. The molecule has 6 heteroatoms. The summed E-state index contributed by atoms with van der Waals surface area (Å²) in [5.74, 6) is 1.98. The largest absolute Gasteiger partial charge is 0.484 e. The third-order valence-electron chi connectivity index (χ3n) is 3.19. The van der Waals surface area contributed by atoms with Gasteiger partial charge in [-0.25, -0.2) is 4.39 Å². The molecule has 0 spiro atoms. The average molecular weight is 326 g/mol. The molecule has 0 bridgehead atoms. The van der Waals surface area contributed by atoms with Crippen LogP contribution in [0.1, 0.15) is 24.5 Å². The van der Waals surface area contributed by atoms with Crippen molar-refractivity contribution in [3.63, 3.8) is 0 Å². The van der Waals surface area contributed by atoms with Gasteiger partial charge in [0.2, 0.25) is 0 Å². The van der Waals surface area contributed by atoms with Crippen LogP contribution in [0.4, 0.5) is 4.39 Å². The first-order chi connectivity index (χ1) is 9.24. The lowest BCUT2D eigenvalue weighted by molar-refractivity contribution is 0.283. The van der Waals surface area contributed by atoms with E-state index in [0.717, 1.165) is 41.9 Å². The molecule has 3 rings (SSSR count). The Labute approximate surface area is 118 Å². The summed E-state index contributed by atoms with van der Waals surface area (Å²) in [6, 6.07) is 4.37. The molecule has 1 aromatic heterocycles. The highest BCUT2D eigenvalue weighted by Gasteiger charge is 2.16. The van der Waals surface area contributed by atoms with E-state index in [9.17, 15) is 4.39 Å². The molecule has 1 aromatic carbocycles. The Morgan fingerprint density at radius 3 is 3.11 bits per heavy atom. The first-order valence-electron chi connectivity index (χ1n) is 6.23. The Morgan fingerprint density at radius 1 is 1.32 bits per heavy atom. The predicted molar refractivity (Wildman–Crippen MR) is 71.4 cm³/mol. The molecule has 0 aliphatic carbocycles. The van der Waals surface area contributed by atoms with Gasteiger partial charge in [-0.15, -0.1) is 10.2 Å². The van der Waals surface area contributed by atoms with Gasteiger partial charge in [0, 0.05) is 19.0 Å². The Hall–Kier alpha value is -1.43. The maximum atomic E-state index is 13.2. The summed E-state index contributed by atoms with van der Waals surface area (Å²) < 4.78 is 21.6. The summed E-state index contributed by atoms with van der Waals surface area (Å²) in [6.45, 7) is 1.24. The minimum absolute atomic E-state index is 0.301. The Morgan fingerprint density at radius 2 is 2.21 bits per heavy atom. The van der Waals surface area contributed by atoms with E-state index in [-0.39, 0.29) is 5.82 Å². The van der Waals surface area contributed by atoms with Gasteiger partial charge in [-0.2, -0.15) is 0 Å². The van der Waals surface area contributed by atoms with E-state index in [4.69, 9.17) is 4.74 Å². The van der Waals surface area contributed by atoms with Gasteiger partial charge in [-0.3, -0.25) is 0 Å². The predicted octanol–water partition coefficient (Wildman–Crippen LogP) is 3.10. The van der Waals surface area contributed by atoms with Crippen LogP contribution < -0.4 is 4.74 Å². The minimum atomic E-state index is -0.318. The second-order valence-electron chi connectivity index (χ2n) is 4.50. The highest BCUT2D eigenvalue weighted by molar-refractivity contribution is 9.10. The van der Waals surface area contributed by atoms with Gasteiger partial charge < -0.3 is 9.30 Å². The zero-order chi connectivity index (χ0) is 13.2. The van der Waals surface area contributed by atoms with Gasteiger partial charge in [-0.1, -0.05) is 0 Å². The van der Waals surface area contributed by atoms with Crippen LogP contribution in [0.2, 0.25) is 0 Å². The van der Waals surface area contributed by atoms with Crippen LogP contribution in [0.5, 0.6) is 5.75 Å². The molecule has 19 heavy (non-hydrogen) atoms. The van der Waals surface area contributed by atoms with Gasteiger partial charge >= 0.3 is 0 Å². The summed E-state index contributed by atoms with van der Waals surface area (Å²) >= 11 is 3.34. The van der Waals surface area contributed by atoms with Crippen LogP contribution in [0.25, 0.3) is 0 Å². The maximum Gasteiger partial charge on any atom is 0.171 e. The molecular formula is C13H13BrFN3O. The molecule has 100 valence electrons. The fourth-order valence-corrected chi connectivity index (χ4v) is 2.57. The van der Waals surface area contributed by atoms with Gasteiger partial charge in [0.25, 0.3) is 0 Å². The van der Waals surface area contributed by atoms with Crippen LogP contribution in [0, 0.1) is 5.82 Å². The quantitative estimate of drug-likeness (QED) is 0.870. The number of halogens is 2. The van der Waals surface area contributed by atoms with Crippen LogP contribution in [0.3, 0.4) is 0 Å². The lowest BCUT2D eigenvalue weighted by atomic mass is 10.2. The zero-order valence-electron chi connectivity index (χ0n) is 10.3. The summed E-state index contributed by atoms with van der Waals surface area (Å²) in [5, 5.41) is 8.30. The van der Waals surface area contributed by atoms with Crippen molar-refractivity contribution < 1.29 is 9.13 Å². The van der Waals surface area contributed by atoms with Gasteiger partial charge in [0.1, 0.15) is 24.0 Å². The molecular weight excluding hydrogens is 313 g/mol. The van der Waals surface area contributed by atoms with Gasteiger partial charge in [-0.05, 0) is 40.9 Å². The smallest absolute Gasteiger partial charge is 0.171 e. The van der Waals surface area contributed by atoms with E-state index in [1.165, 1.54) is 12.1 Å². The number of hydrogen-bond donors (Lipinski definition) is 0. The molecule has 0 unspecified atom stereocenters. The maximum absolute atomic E-state index is 13.2. The topological polar surface area (TPSA) is 39.9 Å². The van der Waals surface area contributed by atoms with Crippen molar-refractivity contribution in [1.82, 2.24) is 14.8 Å². The van der Waals surface area contributed by atoms with Crippen molar-refractivity contribution in [3.05, 3.63) is 40.1 Å². The van der Waals surface area contributed by atoms with Crippen LogP contribution in [-0.4, -0.2) is 14.8 Å². The molecule has 1 aliphatic rings. The Bertz CT molecular complexity index is 600. The monoisotopic (exact) mass is 325 g/mol. The van der Waals surface area contributed by atoms with Crippen molar-refractivity contribution in [2.45, 2.75) is 32.4 Å². The van der Waals surface area contributed by atoms with Crippen molar-refractivity contribution in [3.8, 4) is 5.75 Å². The van der Waals surface area contributed by atoms with Crippen molar-refractivity contribution in [2.75, 3.05) is 0 Å². The Kier molecular flexibility index (Phi) is 3.50. The summed E-state index contributed by atoms with van der Waals surface area (Å²) in [5.41, 5.74) is 0. The third kappa shape index (κ3) is 2.63. The minimum Gasteiger partial charge on any atom is -0.484 e. The number of ether oxygens (including phenoxy) is 1. The summed E-state index contributed by atoms with van der Waals surface area (Å²) in [7, 11) is 0. The van der Waals surface area contributed by atoms with E-state index < -0.39 is 0 Å². The van der Waals surface area contributed by atoms with Crippen LogP contribution in [0.15, 0.2) is 22.7 Å². The third-order valence-corrected chi connectivity index (χ3v) is 3.84. The molecule has 0 fully saturated rings. The average Bonchev–Trinajstić information content (AvgIpc) is 2.83. The summed E-state index contributed by atoms with van der Waals surface area (Å²) in [6.07, 6.45) is 3.27. The number of aromatic nitrogens is 3. The van der Waals surface area contributed by atoms with E-state index in [2.05, 4.69) is 30.7 Å². The molecule has 0 atom stereocenters. The lowest BCUT2D eigenvalue weighted by Crippen LogP contribution is -2.14. The number of benzene rings is 1.